The van der Waals surface area contributed by atoms with Crippen molar-refractivity contribution in [2.45, 2.75) is 26.2 Å². The molecule has 0 unspecified atom stereocenters. The Kier molecular flexibility index (Phi) is 3.59. The molecule has 0 saturated carbocycles. The van der Waals surface area contributed by atoms with Crippen molar-refractivity contribution < 1.29 is 0 Å². The summed E-state index contributed by atoms with van der Waals surface area (Å²) in [6.07, 6.45) is 3.90. The zero-order valence-corrected chi connectivity index (χ0v) is 13.7. The quantitative estimate of drug-likeness (QED) is 0.642. The van der Waals surface area contributed by atoms with E-state index < -0.39 is 0 Å². The maximum absolute atomic E-state index is 5.04. The van der Waals surface area contributed by atoms with Crippen molar-refractivity contribution in [3.63, 3.8) is 0 Å². The van der Waals surface area contributed by atoms with Gasteiger partial charge in [0.15, 0.2) is 0 Å². The van der Waals surface area contributed by atoms with Crippen molar-refractivity contribution in [2.75, 3.05) is 18.0 Å². The fourth-order valence-electron chi connectivity index (χ4n) is 3.24. The highest BCUT2D eigenvalue weighted by atomic mass is 32.1. The topological polar surface area (TPSA) is 16.1 Å². The second kappa shape index (κ2) is 5.73. The Bertz CT molecular complexity index is 787. The molecule has 1 aliphatic rings. The standard InChI is InChI=1S/C19H20N2S/c1-14-7-8-15-13-17(18-6-5-11-22-18)20-19(16(15)12-14)21-9-3-2-4-10-21/h5-8,11-13H,2-4,9-10H2,1H3. The van der Waals surface area contributed by atoms with E-state index >= 15 is 0 Å². The maximum atomic E-state index is 5.04. The van der Waals surface area contributed by atoms with Gasteiger partial charge in [0.25, 0.3) is 0 Å². The van der Waals surface area contributed by atoms with Crippen LogP contribution >= 0.6 is 11.3 Å². The molecule has 0 radical (unpaired) electrons. The van der Waals surface area contributed by atoms with Crippen molar-refractivity contribution in [1.29, 1.82) is 0 Å². The maximum Gasteiger partial charge on any atom is 0.137 e. The van der Waals surface area contributed by atoms with Gasteiger partial charge < -0.3 is 4.90 Å². The Balaban J connectivity index is 1.92. The second-order valence-corrected chi connectivity index (χ2v) is 7.03. The average molecular weight is 308 g/mol. The minimum atomic E-state index is 1.10. The van der Waals surface area contributed by atoms with Gasteiger partial charge in [-0.3, -0.25) is 0 Å². The van der Waals surface area contributed by atoms with E-state index in [1.54, 1.807) is 11.3 Å². The van der Waals surface area contributed by atoms with Gasteiger partial charge >= 0.3 is 0 Å². The summed E-state index contributed by atoms with van der Waals surface area (Å²) in [6, 6.07) is 13.2. The van der Waals surface area contributed by atoms with Gasteiger partial charge in [0.1, 0.15) is 5.82 Å². The van der Waals surface area contributed by atoms with Gasteiger partial charge in [0.05, 0.1) is 10.6 Å². The number of piperidine rings is 1. The Morgan fingerprint density at radius 2 is 1.91 bits per heavy atom. The molecule has 4 rings (SSSR count). The van der Waals surface area contributed by atoms with Crippen LogP contribution < -0.4 is 4.90 Å². The van der Waals surface area contributed by atoms with Crippen LogP contribution in [0.4, 0.5) is 5.82 Å². The average Bonchev–Trinajstić information content (AvgIpc) is 3.09. The van der Waals surface area contributed by atoms with Gasteiger partial charge in [-0.25, -0.2) is 4.98 Å². The number of aromatic nitrogens is 1. The van der Waals surface area contributed by atoms with Gasteiger partial charge in [0.2, 0.25) is 0 Å². The summed E-state index contributed by atoms with van der Waals surface area (Å²) in [5.41, 5.74) is 2.41. The van der Waals surface area contributed by atoms with Crippen LogP contribution in [0.2, 0.25) is 0 Å². The molecule has 0 atom stereocenters. The molecule has 1 aliphatic heterocycles. The van der Waals surface area contributed by atoms with Gasteiger partial charge in [0, 0.05) is 18.5 Å². The number of benzene rings is 1. The van der Waals surface area contributed by atoms with E-state index in [-0.39, 0.29) is 0 Å². The van der Waals surface area contributed by atoms with Crippen LogP contribution in [0.3, 0.4) is 0 Å². The molecule has 1 aromatic carbocycles. The smallest absolute Gasteiger partial charge is 0.137 e. The van der Waals surface area contributed by atoms with E-state index in [0.717, 1.165) is 18.8 Å². The number of rotatable bonds is 2. The molecule has 3 aromatic rings. The first-order chi connectivity index (χ1) is 10.8. The lowest BCUT2D eigenvalue weighted by Gasteiger charge is -2.29. The molecule has 2 aromatic heterocycles. The molecule has 0 amide bonds. The highest BCUT2D eigenvalue weighted by Crippen LogP contribution is 2.33. The molecule has 1 saturated heterocycles. The number of hydrogen-bond donors (Lipinski definition) is 0. The molecule has 1 fully saturated rings. The van der Waals surface area contributed by atoms with Crippen molar-refractivity contribution in [2.24, 2.45) is 0 Å². The van der Waals surface area contributed by atoms with E-state index in [4.69, 9.17) is 4.98 Å². The summed E-state index contributed by atoms with van der Waals surface area (Å²) in [5, 5.41) is 4.71. The predicted molar refractivity (Wildman–Crippen MR) is 95.9 cm³/mol. The monoisotopic (exact) mass is 308 g/mol. The molecule has 0 bridgehead atoms. The molecule has 3 heterocycles. The van der Waals surface area contributed by atoms with Crippen LogP contribution in [0.5, 0.6) is 0 Å². The molecular formula is C19H20N2S. The summed E-state index contributed by atoms with van der Waals surface area (Å²) < 4.78 is 0. The normalized spacial score (nSPS) is 15.4. The van der Waals surface area contributed by atoms with Gasteiger partial charge in [-0.05, 0) is 55.2 Å². The third-order valence-electron chi connectivity index (χ3n) is 4.40. The zero-order valence-electron chi connectivity index (χ0n) is 12.9. The minimum absolute atomic E-state index is 1.10. The Labute approximate surface area is 135 Å². The molecule has 22 heavy (non-hydrogen) atoms. The molecular weight excluding hydrogens is 288 g/mol. The van der Waals surface area contributed by atoms with Gasteiger partial charge in [-0.15, -0.1) is 11.3 Å². The van der Waals surface area contributed by atoms with Crippen LogP contribution in [0.25, 0.3) is 21.3 Å². The number of fused-ring (bicyclic) bond motifs is 1. The molecule has 0 N–H and O–H groups in total. The number of pyridine rings is 1. The van der Waals surface area contributed by atoms with E-state index in [0.29, 0.717) is 0 Å². The number of hydrogen-bond acceptors (Lipinski definition) is 3. The number of thiophene rings is 1. The molecule has 112 valence electrons. The van der Waals surface area contributed by atoms with Crippen LogP contribution in [-0.2, 0) is 0 Å². The van der Waals surface area contributed by atoms with Crippen LogP contribution in [-0.4, -0.2) is 18.1 Å². The van der Waals surface area contributed by atoms with Crippen molar-refractivity contribution in [1.82, 2.24) is 4.98 Å². The lowest BCUT2D eigenvalue weighted by Crippen LogP contribution is -2.30. The first kappa shape index (κ1) is 13.8. The predicted octanol–water partition coefficient (Wildman–Crippen LogP) is 5.26. The number of aryl methyl sites for hydroxylation is 1. The molecule has 0 aliphatic carbocycles. The third-order valence-corrected chi connectivity index (χ3v) is 5.29. The van der Waals surface area contributed by atoms with Crippen molar-refractivity contribution >= 4 is 27.9 Å². The fraction of sp³-hybridized carbons (Fsp3) is 0.316. The largest absolute Gasteiger partial charge is 0.356 e. The van der Waals surface area contributed by atoms with Crippen molar-refractivity contribution in [3.8, 4) is 10.6 Å². The lowest BCUT2D eigenvalue weighted by molar-refractivity contribution is 0.575. The number of nitrogens with zero attached hydrogens (tertiary/aromatic N) is 2. The summed E-state index contributed by atoms with van der Waals surface area (Å²) in [6.45, 7) is 4.42. The Morgan fingerprint density at radius 1 is 1.05 bits per heavy atom. The van der Waals surface area contributed by atoms with Crippen LogP contribution in [0.15, 0.2) is 41.8 Å². The minimum Gasteiger partial charge on any atom is -0.356 e. The first-order valence-corrected chi connectivity index (χ1v) is 8.89. The Hall–Kier alpha value is -1.87. The highest BCUT2D eigenvalue weighted by molar-refractivity contribution is 7.13. The van der Waals surface area contributed by atoms with E-state index in [1.807, 2.05) is 0 Å². The third kappa shape index (κ3) is 2.50. The highest BCUT2D eigenvalue weighted by Gasteiger charge is 2.17. The van der Waals surface area contributed by atoms with Gasteiger partial charge in [-0.2, -0.15) is 0 Å². The SMILES string of the molecule is Cc1ccc2cc(-c3cccs3)nc(N3CCCCC3)c2c1. The summed E-state index contributed by atoms with van der Waals surface area (Å²) in [5.74, 6) is 1.17. The van der Waals surface area contributed by atoms with Gasteiger partial charge in [-0.1, -0.05) is 23.8 Å². The summed E-state index contributed by atoms with van der Waals surface area (Å²) in [7, 11) is 0. The zero-order chi connectivity index (χ0) is 14.9. The van der Waals surface area contributed by atoms with Crippen molar-refractivity contribution in [3.05, 3.63) is 47.3 Å². The Morgan fingerprint density at radius 3 is 2.68 bits per heavy atom. The molecule has 3 heteroatoms. The lowest BCUT2D eigenvalue weighted by atomic mass is 10.1. The van der Waals surface area contributed by atoms with E-state index in [2.05, 4.69) is 53.6 Å². The van der Waals surface area contributed by atoms with E-state index in [1.165, 1.54) is 46.3 Å². The first-order valence-electron chi connectivity index (χ1n) is 8.01. The fourth-order valence-corrected chi connectivity index (χ4v) is 3.93. The van der Waals surface area contributed by atoms with E-state index in [9.17, 15) is 0 Å². The molecule has 2 nitrogen and oxygen atoms in total. The second-order valence-electron chi connectivity index (χ2n) is 6.08. The molecule has 0 spiro atoms. The summed E-state index contributed by atoms with van der Waals surface area (Å²) >= 11 is 1.76. The van der Waals surface area contributed by atoms with Crippen LogP contribution in [0.1, 0.15) is 24.8 Å². The number of anilines is 1. The summed E-state index contributed by atoms with van der Waals surface area (Å²) in [4.78, 5) is 8.77. The van der Waals surface area contributed by atoms with Crippen LogP contribution in [0, 0.1) is 6.92 Å².